The predicted octanol–water partition coefficient (Wildman–Crippen LogP) is 2.45. The van der Waals surface area contributed by atoms with Gasteiger partial charge in [-0.25, -0.2) is 0 Å². The van der Waals surface area contributed by atoms with Crippen LogP contribution in [0.5, 0.6) is 0 Å². The standard InChI is InChI=1S/C15H21ClN2O2/c16-12-6-3-7-13(17)14(12)15(20)18-8-10-4-1-2-5-11(10)9-19/h3,6-7,10-11,19H,1-2,4-5,8-9,17H2,(H,18,20). The zero-order chi connectivity index (χ0) is 14.5. The number of aliphatic hydroxyl groups is 1. The Labute approximate surface area is 124 Å². The molecule has 20 heavy (non-hydrogen) atoms. The number of nitrogen functional groups attached to an aromatic ring is 1. The number of hydrogen-bond donors (Lipinski definition) is 3. The van der Waals surface area contributed by atoms with Crippen molar-refractivity contribution in [1.29, 1.82) is 0 Å². The molecule has 1 aromatic carbocycles. The lowest BCUT2D eigenvalue weighted by molar-refractivity contribution is 0.0910. The van der Waals surface area contributed by atoms with E-state index < -0.39 is 0 Å². The highest BCUT2D eigenvalue weighted by Crippen LogP contribution is 2.29. The Hall–Kier alpha value is -1.26. The second-order valence-electron chi connectivity index (χ2n) is 5.40. The third-order valence-corrected chi connectivity index (χ3v) is 4.41. The highest BCUT2D eigenvalue weighted by molar-refractivity contribution is 6.34. The molecule has 2 atom stereocenters. The molecule has 0 aromatic heterocycles. The van der Waals surface area contributed by atoms with Gasteiger partial charge in [-0.2, -0.15) is 0 Å². The van der Waals surface area contributed by atoms with Crippen LogP contribution in [0, 0.1) is 11.8 Å². The highest BCUT2D eigenvalue weighted by Gasteiger charge is 2.25. The number of nitrogens with one attached hydrogen (secondary N) is 1. The first-order valence-corrected chi connectivity index (χ1v) is 7.44. The molecule has 1 amide bonds. The van der Waals surface area contributed by atoms with Gasteiger partial charge in [0.2, 0.25) is 0 Å². The normalized spacial score (nSPS) is 22.5. The van der Waals surface area contributed by atoms with Crippen LogP contribution in [0.4, 0.5) is 5.69 Å². The van der Waals surface area contributed by atoms with Crippen molar-refractivity contribution >= 4 is 23.2 Å². The van der Waals surface area contributed by atoms with E-state index in [2.05, 4.69) is 5.32 Å². The maximum Gasteiger partial charge on any atom is 0.254 e. The average molecular weight is 297 g/mol. The first-order chi connectivity index (χ1) is 9.63. The Morgan fingerprint density at radius 3 is 2.70 bits per heavy atom. The molecular formula is C15H21ClN2O2. The van der Waals surface area contributed by atoms with Crippen molar-refractivity contribution in [3.05, 3.63) is 28.8 Å². The van der Waals surface area contributed by atoms with Crippen LogP contribution in [-0.4, -0.2) is 24.2 Å². The Balaban J connectivity index is 1.98. The molecular weight excluding hydrogens is 276 g/mol. The van der Waals surface area contributed by atoms with E-state index >= 15 is 0 Å². The molecule has 0 saturated heterocycles. The summed E-state index contributed by atoms with van der Waals surface area (Å²) < 4.78 is 0. The number of anilines is 1. The molecule has 2 rings (SSSR count). The first kappa shape index (κ1) is 15.1. The molecule has 110 valence electrons. The van der Waals surface area contributed by atoms with E-state index in [1.807, 2.05) is 0 Å². The third kappa shape index (κ3) is 3.44. The number of carbonyl (C=O) groups is 1. The van der Waals surface area contributed by atoms with Crippen LogP contribution >= 0.6 is 11.6 Å². The fourth-order valence-electron chi connectivity index (χ4n) is 2.89. The maximum absolute atomic E-state index is 12.2. The SMILES string of the molecule is Nc1cccc(Cl)c1C(=O)NCC1CCCCC1CO. The van der Waals surface area contributed by atoms with Gasteiger partial charge in [0.15, 0.2) is 0 Å². The Bertz CT molecular complexity index is 459. The molecule has 0 aliphatic heterocycles. The molecule has 0 bridgehead atoms. The molecule has 0 spiro atoms. The summed E-state index contributed by atoms with van der Waals surface area (Å²) >= 11 is 6.02. The summed E-state index contributed by atoms with van der Waals surface area (Å²) in [5.74, 6) is 0.379. The average Bonchev–Trinajstić information content (AvgIpc) is 2.45. The molecule has 1 aromatic rings. The van der Waals surface area contributed by atoms with E-state index in [1.54, 1.807) is 18.2 Å². The topological polar surface area (TPSA) is 75.4 Å². The summed E-state index contributed by atoms with van der Waals surface area (Å²) in [5, 5.41) is 12.6. The molecule has 5 heteroatoms. The fourth-order valence-corrected chi connectivity index (χ4v) is 3.15. The molecule has 1 aliphatic carbocycles. The Kier molecular flexibility index (Phi) is 5.26. The number of amides is 1. The van der Waals surface area contributed by atoms with E-state index in [9.17, 15) is 9.90 Å². The zero-order valence-electron chi connectivity index (χ0n) is 11.4. The number of nitrogens with two attached hydrogens (primary N) is 1. The van der Waals surface area contributed by atoms with Gasteiger partial charge in [0, 0.05) is 18.8 Å². The van der Waals surface area contributed by atoms with Gasteiger partial charge in [-0.15, -0.1) is 0 Å². The van der Waals surface area contributed by atoms with Crippen molar-refractivity contribution in [2.24, 2.45) is 11.8 Å². The van der Waals surface area contributed by atoms with Gasteiger partial charge >= 0.3 is 0 Å². The summed E-state index contributed by atoms with van der Waals surface area (Å²) in [5.41, 5.74) is 6.52. The van der Waals surface area contributed by atoms with Crippen LogP contribution in [0.1, 0.15) is 36.0 Å². The van der Waals surface area contributed by atoms with Crippen LogP contribution in [0.3, 0.4) is 0 Å². The largest absolute Gasteiger partial charge is 0.398 e. The lowest BCUT2D eigenvalue weighted by atomic mass is 9.79. The van der Waals surface area contributed by atoms with Crippen LogP contribution < -0.4 is 11.1 Å². The number of carbonyl (C=O) groups excluding carboxylic acids is 1. The van der Waals surface area contributed by atoms with Crippen LogP contribution in [0.15, 0.2) is 18.2 Å². The summed E-state index contributed by atoms with van der Waals surface area (Å²) in [4.78, 5) is 12.2. The fraction of sp³-hybridized carbons (Fsp3) is 0.533. The zero-order valence-corrected chi connectivity index (χ0v) is 12.2. The van der Waals surface area contributed by atoms with Crippen molar-refractivity contribution in [2.75, 3.05) is 18.9 Å². The second kappa shape index (κ2) is 6.95. The van der Waals surface area contributed by atoms with Crippen molar-refractivity contribution in [3.8, 4) is 0 Å². The summed E-state index contributed by atoms with van der Waals surface area (Å²) in [6.07, 6.45) is 4.40. The molecule has 1 fully saturated rings. The molecule has 4 nitrogen and oxygen atoms in total. The quantitative estimate of drug-likeness (QED) is 0.747. The minimum Gasteiger partial charge on any atom is -0.398 e. The van der Waals surface area contributed by atoms with Gasteiger partial charge in [0.25, 0.3) is 5.91 Å². The van der Waals surface area contributed by atoms with Crippen molar-refractivity contribution < 1.29 is 9.90 Å². The molecule has 2 unspecified atom stereocenters. The lowest BCUT2D eigenvalue weighted by Gasteiger charge is -2.30. The van der Waals surface area contributed by atoms with E-state index in [4.69, 9.17) is 17.3 Å². The minimum absolute atomic E-state index is 0.189. The van der Waals surface area contributed by atoms with E-state index in [1.165, 1.54) is 0 Å². The van der Waals surface area contributed by atoms with Gasteiger partial charge in [-0.3, -0.25) is 4.79 Å². The van der Waals surface area contributed by atoms with Crippen LogP contribution in [0.2, 0.25) is 5.02 Å². The third-order valence-electron chi connectivity index (χ3n) is 4.10. The van der Waals surface area contributed by atoms with E-state index in [0.29, 0.717) is 28.7 Å². The van der Waals surface area contributed by atoms with Gasteiger partial charge in [-0.05, 0) is 36.8 Å². The summed E-state index contributed by atoms with van der Waals surface area (Å²) in [7, 11) is 0. The molecule has 4 N–H and O–H groups in total. The molecule has 1 saturated carbocycles. The first-order valence-electron chi connectivity index (χ1n) is 7.06. The van der Waals surface area contributed by atoms with Crippen LogP contribution in [-0.2, 0) is 0 Å². The van der Waals surface area contributed by atoms with Gasteiger partial charge in [0.1, 0.15) is 0 Å². The highest BCUT2D eigenvalue weighted by atomic mass is 35.5. The van der Waals surface area contributed by atoms with Gasteiger partial charge in [-0.1, -0.05) is 30.5 Å². The predicted molar refractivity (Wildman–Crippen MR) is 80.7 cm³/mol. The van der Waals surface area contributed by atoms with E-state index in [0.717, 1.165) is 25.7 Å². The number of benzene rings is 1. The Morgan fingerprint density at radius 1 is 1.35 bits per heavy atom. The number of aliphatic hydroxyl groups excluding tert-OH is 1. The number of rotatable bonds is 4. The number of hydrogen-bond acceptors (Lipinski definition) is 3. The van der Waals surface area contributed by atoms with Crippen LogP contribution in [0.25, 0.3) is 0 Å². The smallest absolute Gasteiger partial charge is 0.254 e. The summed E-state index contributed by atoms with van der Waals surface area (Å²) in [6, 6.07) is 5.04. The van der Waals surface area contributed by atoms with Crippen molar-refractivity contribution in [3.63, 3.8) is 0 Å². The monoisotopic (exact) mass is 296 g/mol. The lowest BCUT2D eigenvalue weighted by Crippen LogP contribution is -2.35. The molecule has 1 aliphatic rings. The second-order valence-corrected chi connectivity index (χ2v) is 5.81. The maximum atomic E-state index is 12.2. The van der Waals surface area contributed by atoms with Gasteiger partial charge < -0.3 is 16.2 Å². The van der Waals surface area contributed by atoms with E-state index in [-0.39, 0.29) is 18.4 Å². The van der Waals surface area contributed by atoms with Crippen molar-refractivity contribution in [1.82, 2.24) is 5.32 Å². The Morgan fingerprint density at radius 2 is 2.05 bits per heavy atom. The summed E-state index contributed by atoms with van der Waals surface area (Å²) in [6.45, 7) is 0.753. The molecule has 0 heterocycles. The molecule has 0 radical (unpaired) electrons. The number of halogens is 1. The van der Waals surface area contributed by atoms with Gasteiger partial charge in [0.05, 0.1) is 10.6 Å². The minimum atomic E-state index is -0.240. The van der Waals surface area contributed by atoms with Crippen molar-refractivity contribution in [2.45, 2.75) is 25.7 Å².